The number of nitrogens with zero attached hydrogens (tertiary/aromatic N) is 3. The van der Waals surface area contributed by atoms with E-state index < -0.39 is 0 Å². The Hall–Kier alpha value is -2.49. The smallest absolute Gasteiger partial charge is 0.213 e. The van der Waals surface area contributed by atoms with Crippen molar-refractivity contribution in [1.82, 2.24) is 14.5 Å². The lowest BCUT2D eigenvalue weighted by molar-refractivity contribution is 0.494. The van der Waals surface area contributed by atoms with Gasteiger partial charge in [0.2, 0.25) is 5.95 Å². The first-order chi connectivity index (χ1) is 9.84. The molecule has 1 aliphatic heterocycles. The number of halogens is 1. The molecule has 1 aliphatic rings. The number of hydrogen-bond donors (Lipinski definition) is 0. The van der Waals surface area contributed by atoms with Crippen molar-refractivity contribution in [3.63, 3.8) is 0 Å². The molecule has 4 rings (SSSR count). The van der Waals surface area contributed by atoms with Crippen molar-refractivity contribution in [2.45, 2.75) is 13.0 Å². The molecule has 2 aromatic heterocycles. The van der Waals surface area contributed by atoms with Gasteiger partial charge in [0.25, 0.3) is 0 Å². The number of hydrogen-bond acceptors (Lipinski definition) is 2. The summed E-state index contributed by atoms with van der Waals surface area (Å²) in [6.07, 6.45) is 3.82. The van der Waals surface area contributed by atoms with Crippen molar-refractivity contribution in [1.29, 1.82) is 0 Å². The largest absolute Gasteiger partial charge is 0.301 e. The van der Waals surface area contributed by atoms with E-state index in [9.17, 15) is 4.39 Å². The van der Waals surface area contributed by atoms with Gasteiger partial charge in [0, 0.05) is 23.9 Å². The summed E-state index contributed by atoms with van der Waals surface area (Å²) in [5.74, 6) is 0.423. The highest BCUT2D eigenvalue weighted by Gasteiger charge is 2.23. The molecule has 4 heteroatoms. The quantitative estimate of drug-likeness (QED) is 0.676. The molecule has 3 heterocycles. The minimum Gasteiger partial charge on any atom is -0.301 e. The third-order valence-electron chi connectivity index (χ3n) is 3.74. The molecule has 0 bridgehead atoms. The number of imidazole rings is 1. The number of rotatable bonds is 1. The first-order valence-corrected chi connectivity index (χ1v) is 6.59. The molecule has 0 unspecified atom stereocenters. The summed E-state index contributed by atoms with van der Waals surface area (Å²) < 4.78 is 15.3. The average Bonchev–Trinajstić information content (AvgIpc) is 2.89. The van der Waals surface area contributed by atoms with E-state index >= 15 is 0 Å². The van der Waals surface area contributed by atoms with Gasteiger partial charge >= 0.3 is 0 Å². The Morgan fingerprint density at radius 3 is 2.75 bits per heavy atom. The van der Waals surface area contributed by atoms with Crippen molar-refractivity contribution in [2.75, 3.05) is 0 Å². The molecular weight excluding hydrogens is 253 g/mol. The summed E-state index contributed by atoms with van der Waals surface area (Å²) in [6.45, 7) is 0.611. The molecule has 0 N–H and O–H groups in total. The molecule has 0 amide bonds. The van der Waals surface area contributed by atoms with E-state index in [0.717, 1.165) is 28.8 Å². The van der Waals surface area contributed by atoms with Gasteiger partial charge in [-0.25, -0.2) is 4.98 Å². The number of aromatic nitrogens is 3. The summed E-state index contributed by atoms with van der Waals surface area (Å²) >= 11 is 0. The molecule has 0 radical (unpaired) electrons. The van der Waals surface area contributed by atoms with E-state index in [0.29, 0.717) is 12.4 Å². The second-order valence-electron chi connectivity index (χ2n) is 4.86. The Kier molecular flexibility index (Phi) is 2.42. The van der Waals surface area contributed by atoms with Crippen LogP contribution in [0, 0.1) is 5.95 Å². The van der Waals surface area contributed by atoms with Crippen LogP contribution in [0.3, 0.4) is 0 Å². The third-order valence-corrected chi connectivity index (χ3v) is 3.74. The zero-order valence-corrected chi connectivity index (χ0v) is 10.8. The van der Waals surface area contributed by atoms with Crippen LogP contribution in [0.2, 0.25) is 0 Å². The van der Waals surface area contributed by atoms with Crippen molar-refractivity contribution in [3.05, 3.63) is 60.3 Å². The van der Waals surface area contributed by atoms with E-state index in [2.05, 4.69) is 9.97 Å². The zero-order valence-electron chi connectivity index (χ0n) is 10.8. The molecule has 3 aromatic rings. The molecule has 3 nitrogen and oxygen atoms in total. The molecule has 0 aliphatic carbocycles. The highest BCUT2D eigenvalue weighted by Crippen LogP contribution is 2.34. The first kappa shape index (κ1) is 11.3. The van der Waals surface area contributed by atoms with Gasteiger partial charge in [-0.15, -0.1) is 0 Å². The minimum absolute atomic E-state index is 0.274. The molecule has 0 saturated carbocycles. The van der Waals surface area contributed by atoms with E-state index in [1.807, 2.05) is 36.4 Å². The fraction of sp³-hybridized carbons (Fsp3) is 0.125. The van der Waals surface area contributed by atoms with Crippen LogP contribution >= 0.6 is 0 Å². The standard InChI is InChI=1S/C16H12FN3/c17-14-10-19-16-13-6-8-18-15(11-4-2-1-3-5-11)12(13)7-9-20(14)16/h1-6,8,10H,7,9H2. The number of pyridine rings is 1. The van der Waals surface area contributed by atoms with Crippen molar-refractivity contribution in [3.8, 4) is 22.6 Å². The van der Waals surface area contributed by atoms with Gasteiger partial charge in [-0.05, 0) is 18.1 Å². The summed E-state index contributed by atoms with van der Waals surface area (Å²) in [4.78, 5) is 8.70. The van der Waals surface area contributed by atoms with Gasteiger partial charge in [0.15, 0.2) is 0 Å². The van der Waals surface area contributed by atoms with Crippen LogP contribution in [-0.2, 0) is 13.0 Å². The summed E-state index contributed by atoms with van der Waals surface area (Å²) in [7, 11) is 0. The van der Waals surface area contributed by atoms with Gasteiger partial charge in [-0.3, -0.25) is 4.98 Å². The van der Waals surface area contributed by atoms with Crippen molar-refractivity contribution < 1.29 is 4.39 Å². The van der Waals surface area contributed by atoms with Crippen LogP contribution < -0.4 is 0 Å². The van der Waals surface area contributed by atoms with E-state index in [1.54, 1.807) is 10.8 Å². The predicted octanol–water partition coefficient (Wildman–Crippen LogP) is 3.31. The van der Waals surface area contributed by atoms with E-state index in [4.69, 9.17) is 0 Å². The normalized spacial score (nSPS) is 12.8. The first-order valence-electron chi connectivity index (χ1n) is 6.59. The van der Waals surface area contributed by atoms with Crippen molar-refractivity contribution in [2.24, 2.45) is 0 Å². The van der Waals surface area contributed by atoms with E-state index in [1.165, 1.54) is 6.20 Å². The summed E-state index contributed by atoms with van der Waals surface area (Å²) in [5, 5.41) is 0. The average molecular weight is 265 g/mol. The maximum Gasteiger partial charge on any atom is 0.213 e. The molecule has 0 spiro atoms. The Balaban J connectivity index is 1.95. The fourth-order valence-electron chi connectivity index (χ4n) is 2.81. The molecule has 0 saturated heterocycles. The topological polar surface area (TPSA) is 30.7 Å². The summed E-state index contributed by atoms with van der Waals surface area (Å²) in [5.41, 5.74) is 4.19. The van der Waals surface area contributed by atoms with Crippen LogP contribution in [0.1, 0.15) is 5.56 Å². The second-order valence-corrected chi connectivity index (χ2v) is 4.86. The maximum absolute atomic E-state index is 13.6. The lowest BCUT2D eigenvalue weighted by atomic mass is 9.96. The predicted molar refractivity (Wildman–Crippen MR) is 74.6 cm³/mol. The molecular formula is C16H12FN3. The van der Waals surface area contributed by atoms with E-state index in [-0.39, 0.29) is 5.95 Å². The highest BCUT2D eigenvalue weighted by atomic mass is 19.1. The third kappa shape index (κ3) is 1.58. The SMILES string of the molecule is Fc1cnc2n1CCc1c-2ccnc1-c1ccccc1. The maximum atomic E-state index is 13.6. The van der Waals surface area contributed by atoms with Crippen LogP contribution in [0.25, 0.3) is 22.6 Å². The van der Waals surface area contributed by atoms with Crippen molar-refractivity contribution >= 4 is 0 Å². The molecule has 0 fully saturated rings. The molecule has 1 aromatic carbocycles. The van der Waals surface area contributed by atoms with Crippen LogP contribution in [0.15, 0.2) is 48.8 Å². The minimum atomic E-state index is -0.274. The molecule has 98 valence electrons. The monoisotopic (exact) mass is 265 g/mol. The lowest BCUT2D eigenvalue weighted by Gasteiger charge is -2.20. The Morgan fingerprint density at radius 2 is 1.90 bits per heavy atom. The van der Waals surface area contributed by atoms with Gasteiger partial charge < -0.3 is 4.57 Å². The Morgan fingerprint density at radius 1 is 1.05 bits per heavy atom. The molecule has 20 heavy (non-hydrogen) atoms. The van der Waals surface area contributed by atoms with Gasteiger partial charge in [0.1, 0.15) is 5.82 Å². The zero-order chi connectivity index (χ0) is 13.5. The van der Waals surface area contributed by atoms with Crippen LogP contribution in [0.5, 0.6) is 0 Å². The lowest BCUT2D eigenvalue weighted by Crippen LogP contribution is -2.14. The molecule has 0 atom stereocenters. The highest BCUT2D eigenvalue weighted by molar-refractivity contribution is 5.74. The van der Waals surface area contributed by atoms with Gasteiger partial charge in [0.05, 0.1) is 11.9 Å². The van der Waals surface area contributed by atoms with Crippen LogP contribution in [0.4, 0.5) is 4.39 Å². The van der Waals surface area contributed by atoms with Crippen LogP contribution in [-0.4, -0.2) is 14.5 Å². The number of benzene rings is 1. The van der Waals surface area contributed by atoms with Gasteiger partial charge in [-0.1, -0.05) is 30.3 Å². The fourth-order valence-corrected chi connectivity index (χ4v) is 2.81. The summed E-state index contributed by atoms with van der Waals surface area (Å²) in [6, 6.07) is 12.0. The van der Waals surface area contributed by atoms with Gasteiger partial charge in [-0.2, -0.15) is 4.39 Å². The second kappa shape index (κ2) is 4.27. The Labute approximate surface area is 115 Å². The number of fused-ring (bicyclic) bond motifs is 3. The Bertz CT molecular complexity index is 778.